The van der Waals surface area contributed by atoms with Gasteiger partial charge in [0.05, 0.1) is 10.6 Å². The standard InChI is InChI=1S/C12H10ClFINO2/c13-9-6-10(14)11(15)5-8(9)12(18)16-3-1-7(17)2-4-16/h5-6H,1-4H2. The van der Waals surface area contributed by atoms with Crippen molar-refractivity contribution in [3.63, 3.8) is 0 Å². The van der Waals surface area contributed by atoms with E-state index >= 15 is 0 Å². The first kappa shape index (κ1) is 13.7. The summed E-state index contributed by atoms with van der Waals surface area (Å²) in [6, 6.07) is 2.59. The maximum absolute atomic E-state index is 13.3. The van der Waals surface area contributed by atoms with Crippen molar-refractivity contribution >= 4 is 45.9 Å². The number of amides is 1. The van der Waals surface area contributed by atoms with Crippen molar-refractivity contribution in [3.8, 4) is 0 Å². The SMILES string of the molecule is O=C1CCN(C(=O)c2cc(I)c(F)cc2Cl)CC1. The average molecular weight is 382 g/mol. The van der Waals surface area contributed by atoms with Gasteiger partial charge in [0, 0.05) is 29.5 Å². The summed E-state index contributed by atoms with van der Waals surface area (Å²) in [5, 5.41) is 0.106. The predicted molar refractivity (Wildman–Crippen MR) is 74.3 cm³/mol. The molecule has 0 N–H and O–H groups in total. The second kappa shape index (κ2) is 5.52. The molecule has 0 spiro atoms. The van der Waals surface area contributed by atoms with Crippen molar-refractivity contribution in [2.45, 2.75) is 12.8 Å². The van der Waals surface area contributed by atoms with E-state index in [1.165, 1.54) is 6.07 Å². The fourth-order valence-corrected chi connectivity index (χ4v) is 2.51. The number of halogens is 3. The van der Waals surface area contributed by atoms with Crippen LogP contribution in [0.5, 0.6) is 0 Å². The molecule has 0 atom stereocenters. The Morgan fingerprint density at radius 2 is 1.94 bits per heavy atom. The molecule has 1 saturated heterocycles. The molecule has 0 bridgehead atoms. The summed E-state index contributed by atoms with van der Waals surface area (Å²) in [4.78, 5) is 24.9. The Bertz CT molecular complexity index is 511. The maximum atomic E-state index is 13.3. The van der Waals surface area contributed by atoms with Gasteiger partial charge in [-0.05, 0) is 34.7 Å². The minimum Gasteiger partial charge on any atom is -0.338 e. The number of ketones is 1. The Kier molecular flexibility index (Phi) is 4.21. The first-order chi connectivity index (χ1) is 8.49. The van der Waals surface area contributed by atoms with Gasteiger partial charge in [0.15, 0.2) is 0 Å². The molecule has 2 rings (SSSR count). The summed E-state index contributed by atoms with van der Waals surface area (Å²) in [5.74, 6) is -0.518. The van der Waals surface area contributed by atoms with Crippen LogP contribution in [0.15, 0.2) is 12.1 Å². The molecular formula is C12H10ClFINO2. The van der Waals surface area contributed by atoms with E-state index in [0.717, 1.165) is 6.07 Å². The average Bonchev–Trinajstić information content (AvgIpc) is 2.34. The van der Waals surface area contributed by atoms with Gasteiger partial charge in [-0.25, -0.2) is 4.39 Å². The van der Waals surface area contributed by atoms with Crippen LogP contribution in [0.1, 0.15) is 23.2 Å². The molecule has 3 nitrogen and oxygen atoms in total. The smallest absolute Gasteiger partial charge is 0.255 e. The maximum Gasteiger partial charge on any atom is 0.255 e. The number of rotatable bonds is 1. The highest BCUT2D eigenvalue weighted by Gasteiger charge is 2.24. The lowest BCUT2D eigenvalue weighted by atomic mass is 10.1. The van der Waals surface area contributed by atoms with Crippen molar-refractivity contribution in [1.82, 2.24) is 4.90 Å². The predicted octanol–water partition coefficient (Wildman–Crippen LogP) is 2.89. The van der Waals surface area contributed by atoms with Gasteiger partial charge in [-0.2, -0.15) is 0 Å². The van der Waals surface area contributed by atoms with Crippen LogP contribution in [-0.2, 0) is 4.79 Å². The minimum absolute atomic E-state index is 0.106. The van der Waals surface area contributed by atoms with Crippen LogP contribution in [-0.4, -0.2) is 29.7 Å². The third-order valence-electron chi connectivity index (χ3n) is 2.85. The summed E-state index contributed by atoms with van der Waals surface area (Å²) >= 11 is 7.70. The molecule has 18 heavy (non-hydrogen) atoms. The fourth-order valence-electron chi connectivity index (χ4n) is 1.82. The second-order valence-electron chi connectivity index (χ2n) is 4.08. The molecule has 1 aliphatic rings. The molecule has 0 aromatic heterocycles. The minimum atomic E-state index is -0.439. The first-order valence-electron chi connectivity index (χ1n) is 5.44. The van der Waals surface area contributed by atoms with Crippen molar-refractivity contribution in [2.24, 2.45) is 0 Å². The Hall–Kier alpha value is -0.690. The normalized spacial score (nSPS) is 15.9. The fraction of sp³-hybridized carbons (Fsp3) is 0.333. The van der Waals surface area contributed by atoms with Crippen LogP contribution in [0.3, 0.4) is 0 Å². The van der Waals surface area contributed by atoms with E-state index in [-0.39, 0.29) is 22.3 Å². The zero-order valence-electron chi connectivity index (χ0n) is 9.38. The van der Waals surface area contributed by atoms with Crippen molar-refractivity contribution < 1.29 is 14.0 Å². The van der Waals surface area contributed by atoms with Gasteiger partial charge in [-0.3, -0.25) is 9.59 Å². The molecule has 1 aliphatic heterocycles. The number of piperidine rings is 1. The lowest BCUT2D eigenvalue weighted by Crippen LogP contribution is -2.38. The van der Waals surface area contributed by atoms with Gasteiger partial charge in [0.25, 0.3) is 5.91 Å². The number of carbonyl (C=O) groups excluding carboxylic acids is 2. The van der Waals surface area contributed by atoms with E-state index in [0.29, 0.717) is 29.5 Å². The Balaban J connectivity index is 2.23. The molecule has 0 unspecified atom stereocenters. The van der Waals surface area contributed by atoms with Gasteiger partial charge < -0.3 is 4.90 Å². The third-order valence-corrected chi connectivity index (χ3v) is 3.99. The molecule has 0 aliphatic carbocycles. The zero-order valence-corrected chi connectivity index (χ0v) is 12.3. The molecule has 0 saturated carbocycles. The molecular weight excluding hydrogens is 371 g/mol. The van der Waals surface area contributed by atoms with Crippen LogP contribution >= 0.6 is 34.2 Å². The molecule has 1 fully saturated rings. The van der Waals surface area contributed by atoms with Crippen molar-refractivity contribution in [1.29, 1.82) is 0 Å². The summed E-state index contributed by atoms with van der Waals surface area (Å²) in [5.41, 5.74) is 0.289. The highest BCUT2D eigenvalue weighted by atomic mass is 127. The highest BCUT2D eigenvalue weighted by molar-refractivity contribution is 14.1. The molecule has 96 valence electrons. The molecule has 6 heteroatoms. The molecule has 1 aromatic rings. The summed E-state index contributed by atoms with van der Waals surface area (Å²) in [6.07, 6.45) is 0.753. The first-order valence-corrected chi connectivity index (χ1v) is 6.90. The van der Waals surface area contributed by atoms with E-state index in [1.807, 2.05) is 22.6 Å². The second-order valence-corrected chi connectivity index (χ2v) is 5.65. The molecule has 1 heterocycles. The van der Waals surface area contributed by atoms with Crippen LogP contribution in [0.2, 0.25) is 5.02 Å². The van der Waals surface area contributed by atoms with Crippen molar-refractivity contribution in [3.05, 3.63) is 32.1 Å². The number of likely N-dealkylation sites (tertiary alicyclic amines) is 1. The Morgan fingerprint density at radius 1 is 1.33 bits per heavy atom. The van der Waals surface area contributed by atoms with Crippen LogP contribution in [0.25, 0.3) is 0 Å². The molecule has 1 aromatic carbocycles. The Labute approximate surface area is 122 Å². The lowest BCUT2D eigenvalue weighted by molar-refractivity contribution is -0.120. The largest absolute Gasteiger partial charge is 0.338 e. The number of carbonyl (C=O) groups is 2. The monoisotopic (exact) mass is 381 g/mol. The lowest BCUT2D eigenvalue weighted by Gasteiger charge is -2.26. The van der Waals surface area contributed by atoms with Crippen molar-refractivity contribution in [2.75, 3.05) is 13.1 Å². The van der Waals surface area contributed by atoms with Crippen LogP contribution < -0.4 is 0 Å². The summed E-state index contributed by atoms with van der Waals surface area (Å²) in [7, 11) is 0. The number of nitrogens with zero attached hydrogens (tertiary/aromatic N) is 1. The summed E-state index contributed by atoms with van der Waals surface area (Å²) < 4.78 is 13.6. The number of Topliss-reactive ketones (excluding diaryl/α,β-unsaturated/α-hetero) is 1. The number of hydrogen-bond acceptors (Lipinski definition) is 2. The molecule has 0 radical (unpaired) electrons. The van der Waals surface area contributed by atoms with Crippen LogP contribution in [0.4, 0.5) is 4.39 Å². The van der Waals surface area contributed by atoms with E-state index in [2.05, 4.69) is 0 Å². The number of hydrogen-bond donors (Lipinski definition) is 0. The Morgan fingerprint density at radius 3 is 2.56 bits per heavy atom. The van der Waals surface area contributed by atoms with Gasteiger partial charge in [-0.15, -0.1) is 0 Å². The highest BCUT2D eigenvalue weighted by Crippen LogP contribution is 2.24. The van der Waals surface area contributed by atoms with Gasteiger partial charge >= 0.3 is 0 Å². The van der Waals surface area contributed by atoms with Gasteiger partial charge in [-0.1, -0.05) is 11.6 Å². The number of benzene rings is 1. The van der Waals surface area contributed by atoms with E-state index in [4.69, 9.17) is 11.6 Å². The van der Waals surface area contributed by atoms with Gasteiger partial charge in [0.1, 0.15) is 11.6 Å². The topological polar surface area (TPSA) is 37.4 Å². The van der Waals surface area contributed by atoms with E-state index in [9.17, 15) is 14.0 Å². The van der Waals surface area contributed by atoms with E-state index in [1.54, 1.807) is 4.90 Å². The third kappa shape index (κ3) is 2.83. The zero-order chi connectivity index (χ0) is 13.3. The van der Waals surface area contributed by atoms with E-state index < -0.39 is 5.82 Å². The summed E-state index contributed by atoms with van der Waals surface area (Å²) in [6.45, 7) is 0.809. The molecule has 1 amide bonds. The van der Waals surface area contributed by atoms with Crippen LogP contribution in [0, 0.1) is 9.39 Å². The van der Waals surface area contributed by atoms with Gasteiger partial charge in [0.2, 0.25) is 0 Å². The quantitative estimate of drug-likeness (QED) is 0.554.